The lowest BCUT2D eigenvalue weighted by molar-refractivity contribution is -0.126. The second kappa shape index (κ2) is 11.5. The minimum atomic E-state index is -0.411. The molecule has 1 saturated carbocycles. The van der Waals surface area contributed by atoms with Crippen LogP contribution >= 0.6 is 12.2 Å². The molecule has 2 amide bonds. The van der Waals surface area contributed by atoms with Gasteiger partial charge in [-0.05, 0) is 44.1 Å². The molecule has 7 nitrogen and oxygen atoms in total. The Balaban J connectivity index is 1.81. The molecule has 1 aliphatic rings. The van der Waals surface area contributed by atoms with E-state index in [2.05, 4.69) is 16.2 Å². The Morgan fingerprint density at radius 1 is 1.11 bits per heavy atom. The molecule has 27 heavy (non-hydrogen) atoms. The summed E-state index contributed by atoms with van der Waals surface area (Å²) in [7, 11) is 0. The molecule has 2 rings (SSSR count). The van der Waals surface area contributed by atoms with Gasteiger partial charge in [-0.2, -0.15) is 0 Å². The fourth-order valence-corrected chi connectivity index (χ4v) is 3.07. The zero-order valence-electron chi connectivity index (χ0n) is 15.6. The zero-order chi connectivity index (χ0) is 19.5. The van der Waals surface area contributed by atoms with Gasteiger partial charge in [0.25, 0.3) is 5.91 Å². The monoisotopic (exact) mass is 393 g/mol. The highest BCUT2D eigenvalue weighted by Crippen LogP contribution is 2.23. The van der Waals surface area contributed by atoms with Crippen LogP contribution in [-0.2, 0) is 9.53 Å². The summed E-state index contributed by atoms with van der Waals surface area (Å²) < 4.78 is 10.8. The van der Waals surface area contributed by atoms with Crippen LogP contribution < -0.4 is 20.9 Å². The van der Waals surface area contributed by atoms with Gasteiger partial charge in [-0.1, -0.05) is 31.4 Å². The number of thiocarbonyl (C=S) groups is 1. The normalized spacial score (nSPS) is 14.3. The van der Waals surface area contributed by atoms with Gasteiger partial charge in [0.15, 0.2) is 5.11 Å². The third kappa shape index (κ3) is 7.15. The van der Waals surface area contributed by atoms with Gasteiger partial charge in [0.2, 0.25) is 5.91 Å². The summed E-state index contributed by atoms with van der Waals surface area (Å²) in [5, 5.41) is 2.59. The van der Waals surface area contributed by atoms with Crippen molar-refractivity contribution >= 4 is 29.1 Å². The predicted octanol–water partition coefficient (Wildman–Crippen LogP) is 2.32. The van der Waals surface area contributed by atoms with Crippen LogP contribution in [0.5, 0.6) is 5.75 Å². The van der Waals surface area contributed by atoms with Gasteiger partial charge in [-0.25, -0.2) is 0 Å². The van der Waals surface area contributed by atoms with Crippen LogP contribution in [0.1, 0.15) is 49.4 Å². The molecule has 0 spiro atoms. The Morgan fingerprint density at radius 3 is 2.59 bits per heavy atom. The molecule has 0 radical (unpaired) electrons. The van der Waals surface area contributed by atoms with Crippen molar-refractivity contribution in [2.24, 2.45) is 5.92 Å². The number of carbonyl (C=O) groups excluding carboxylic acids is 2. The number of nitrogens with one attached hydrogen (secondary N) is 3. The minimum Gasteiger partial charge on any atom is -0.490 e. The molecular formula is C19H27N3O4S. The molecule has 1 aliphatic carbocycles. The molecule has 1 fully saturated rings. The van der Waals surface area contributed by atoms with Crippen LogP contribution in [0, 0.1) is 5.92 Å². The molecule has 0 unspecified atom stereocenters. The fraction of sp³-hybridized carbons (Fsp3) is 0.526. The highest BCUT2D eigenvalue weighted by molar-refractivity contribution is 7.80. The van der Waals surface area contributed by atoms with Crippen molar-refractivity contribution in [3.05, 3.63) is 29.8 Å². The van der Waals surface area contributed by atoms with Crippen molar-refractivity contribution in [2.45, 2.75) is 39.0 Å². The van der Waals surface area contributed by atoms with Crippen molar-refractivity contribution < 1.29 is 19.1 Å². The predicted molar refractivity (Wildman–Crippen MR) is 106 cm³/mol. The average molecular weight is 394 g/mol. The molecule has 3 N–H and O–H groups in total. The molecule has 0 bridgehead atoms. The lowest BCUT2D eigenvalue weighted by Gasteiger charge is -2.21. The number of para-hydroxylation sites is 1. The summed E-state index contributed by atoms with van der Waals surface area (Å²) in [5.74, 6) is -0.0506. The fourth-order valence-electron chi connectivity index (χ4n) is 2.92. The second-order valence-electron chi connectivity index (χ2n) is 6.27. The number of amides is 2. The number of hydrazine groups is 1. The summed E-state index contributed by atoms with van der Waals surface area (Å²) in [6, 6.07) is 6.89. The summed E-state index contributed by atoms with van der Waals surface area (Å²) in [5.41, 5.74) is 5.54. The quantitative estimate of drug-likeness (QED) is 0.374. The highest BCUT2D eigenvalue weighted by atomic mass is 32.1. The van der Waals surface area contributed by atoms with E-state index in [0.29, 0.717) is 31.1 Å². The molecule has 1 aromatic carbocycles. The van der Waals surface area contributed by atoms with Crippen molar-refractivity contribution in [3.63, 3.8) is 0 Å². The van der Waals surface area contributed by atoms with Gasteiger partial charge >= 0.3 is 0 Å². The van der Waals surface area contributed by atoms with Crippen LogP contribution in [0.4, 0.5) is 0 Å². The van der Waals surface area contributed by atoms with Crippen LogP contribution in [-0.4, -0.2) is 36.7 Å². The first-order chi connectivity index (χ1) is 13.1. The number of rotatable bonds is 7. The number of ether oxygens (including phenoxy) is 2. The summed E-state index contributed by atoms with van der Waals surface area (Å²) >= 11 is 5.10. The number of benzene rings is 1. The van der Waals surface area contributed by atoms with Crippen molar-refractivity contribution in [1.29, 1.82) is 0 Å². The van der Waals surface area contributed by atoms with Gasteiger partial charge in [0.05, 0.1) is 12.2 Å². The molecule has 148 valence electrons. The lowest BCUT2D eigenvalue weighted by Crippen LogP contribution is -2.50. The zero-order valence-corrected chi connectivity index (χ0v) is 16.4. The Hall–Kier alpha value is -2.19. The minimum absolute atomic E-state index is 0.00390. The van der Waals surface area contributed by atoms with Gasteiger partial charge in [-0.3, -0.25) is 25.8 Å². The van der Waals surface area contributed by atoms with Gasteiger partial charge < -0.3 is 9.47 Å². The first-order valence-corrected chi connectivity index (χ1v) is 9.73. The lowest BCUT2D eigenvalue weighted by atomic mass is 9.89. The van der Waals surface area contributed by atoms with Gasteiger partial charge in [0.1, 0.15) is 12.4 Å². The first kappa shape index (κ1) is 21.1. The van der Waals surface area contributed by atoms with Gasteiger partial charge in [0, 0.05) is 12.5 Å². The van der Waals surface area contributed by atoms with E-state index in [4.69, 9.17) is 21.7 Å². The molecule has 0 aliphatic heterocycles. The van der Waals surface area contributed by atoms with E-state index in [0.717, 1.165) is 25.7 Å². The molecule has 1 aromatic rings. The molecule has 0 aromatic heterocycles. The molecule has 0 atom stereocenters. The number of carbonyl (C=O) groups is 2. The largest absolute Gasteiger partial charge is 0.490 e. The van der Waals surface area contributed by atoms with E-state index in [1.54, 1.807) is 24.3 Å². The average Bonchev–Trinajstić information content (AvgIpc) is 2.70. The first-order valence-electron chi connectivity index (χ1n) is 9.32. The Labute approximate surface area is 165 Å². The molecular weight excluding hydrogens is 366 g/mol. The van der Waals surface area contributed by atoms with E-state index >= 15 is 0 Å². The maximum Gasteiger partial charge on any atom is 0.261 e. The maximum absolute atomic E-state index is 12.4. The topological polar surface area (TPSA) is 88.7 Å². The number of hydrogen-bond acceptors (Lipinski definition) is 5. The number of hydrogen-bond donors (Lipinski definition) is 3. The smallest absolute Gasteiger partial charge is 0.261 e. The summed E-state index contributed by atoms with van der Waals surface area (Å²) in [6.07, 6.45) is 5.09. The third-order valence-corrected chi connectivity index (χ3v) is 4.53. The summed E-state index contributed by atoms with van der Waals surface area (Å²) in [6.45, 7) is 3.30. The molecule has 0 heterocycles. The van der Waals surface area contributed by atoms with Crippen molar-refractivity contribution in [1.82, 2.24) is 16.2 Å². The van der Waals surface area contributed by atoms with Gasteiger partial charge in [-0.15, -0.1) is 0 Å². The van der Waals surface area contributed by atoms with Crippen LogP contribution in [0.15, 0.2) is 24.3 Å². The van der Waals surface area contributed by atoms with Crippen LogP contribution in [0.2, 0.25) is 0 Å². The van der Waals surface area contributed by atoms with Crippen LogP contribution in [0.3, 0.4) is 0 Å². The summed E-state index contributed by atoms with van der Waals surface area (Å²) in [4.78, 5) is 24.6. The Kier molecular flexibility index (Phi) is 9.00. The SMILES string of the molecule is CCOCCOc1ccccc1C(=O)NC(=S)NNC(=O)C1CCCCC1. The van der Waals surface area contributed by atoms with E-state index < -0.39 is 5.91 Å². The maximum atomic E-state index is 12.4. The molecule has 0 saturated heterocycles. The van der Waals surface area contributed by atoms with Crippen LogP contribution in [0.25, 0.3) is 0 Å². The van der Waals surface area contributed by atoms with E-state index in [-0.39, 0.29) is 16.9 Å². The standard InChI is InChI=1S/C19H27N3O4S/c1-2-25-12-13-26-16-11-7-6-10-15(16)18(24)20-19(27)22-21-17(23)14-8-4-3-5-9-14/h6-7,10-11,14H,2-5,8-9,12-13H2,1H3,(H,21,23)(H2,20,22,24,27). The second-order valence-corrected chi connectivity index (χ2v) is 6.68. The highest BCUT2D eigenvalue weighted by Gasteiger charge is 2.21. The third-order valence-electron chi connectivity index (χ3n) is 4.32. The Bertz CT molecular complexity index is 648. The van der Waals surface area contributed by atoms with Crippen molar-refractivity contribution in [2.75, 3.05) is 19.8 Å². The molecule has 8 heteroatoms. The van der Waals surface area contributed by atoms with Crippen molar-refractivity contribution in [3.8, 4) is 5.75 Å². The Morgan fingerprint density at radius 2 is 1.85 bits per heavy atom. The van der Waals surface area contributed by atoms with E-state index in [1.165, 1.54) is 6.42 Å². The van der Waals surface area contributed by atoms with E-state index in [1.807, 2.05) is 6.92 Å². The van der Waals surface area contributed by atoms with E-state index in [9.17, 15) is 9.59 Å².